The standard InChI is InChI=1S/C16H18ClN5O3.ClH/c1-2-13(15(23)21-8-7-11(9-21)16(24)25)22-19-14(18-20-22)10-3-5-12(17)6-4-10;/h3-6,11,13H,2,7-9H2,1H3,(H,24,25);1H. The van der Waals surface area contributed by atoms with Gasteiger partial charge in [0.15, 0.2) is 6.04 Å². The predicted octanol–water partition coefficient (Wildman–Crippen LogP) is 2.30. The monoisotopic (exact) mass is 399 g/mol. The number of hydrogen-bond donors (Lipinski definition) is 1. The van der Waals surface area contributed by atoms with E-state index < -0.39 is 17.9 Å². The molecule has 2 heterocycles. The Balaban J connectivity index is 0.00000243. The smallest absolute Gasteiger partial charge is 0.308 e. The van der Waals surface area contributed by atoms with Crippen molar-refractivity contribution in [2.24, 2.45) is 5.92 Å². The number of carboxylic acids is 1. The van der Waals surface area contributed by atoms with Crippen LogP contribution in [0.2, 0.25) is 5.02 Å². The molecule has 0 radical (unpaired) electrons. The minimum absolute atomic E-state index is 0. The molecule has 1 aromatic heterocycles. The molecule has 2 unspecified atom stereocenters. The number of halogens is 2. The Morgan fingerprint density at radius 1 is 1.35 bits per heavy atom. The van der Waals surface area contributed by atoms with Gasteiger partial charge in [0, 0.05) is 23.7 Å². The van der Waals surface area contributed by atoms with Gasteiger partial charge in [-0.25, -0.2) is 0 Å². The number of carboxylic acid groups (broad SMARTS) is 1. The van der Waals surface area contributed by atoms with Gasteiger partial charge in [0.25, 0.3) is 0 Å². The number of carbonyl (C=O) groups excluding carboxylic acids is 1. The van der Waals surface area contributed by atoms with E-state index in [1.54, 1.807) is 29.2 Å². The van der Waals surface area contributed by atoms with Crippen LogP contribution in [0, 0.1) is 5.92 Å². The average Bonchev–Trinajstić information content (AvgIpc) is 3.26. The third-order valence-electron chi connectivity index (χ3n) is 4.33. The molecular formula is C16H19Cl2N5O3. The molecule has 3 rings (SSSR count). The normalized spacial score (nSPS) is 17.6. The maximum Gasteiger partial charge on any atom is 0.308 e. The maximum atomic E-state index is 12.7. The lowest BCUT2D eigenvalue weighted by Crippen LogP contribution is -2.37. The fourth-order valence-corrected chi connectivity index (χ4v) is 3.01. The van der Waals surface area contributed by atoms with Crippen LogP contribution in [0.1, 0.15) is 25.8 Å². The lowest BCUT2D eigenvalue weighted by Gasteiger charge is -2.21. The lowest BCUT2D eigenvalue weighted by molar-refractivity contribution is -0.141. The molecule has 1 saturated heterocycles. The van der Waals surface area contributed by atoms with Crippen molar-refractivity contribution in [1.82, 2.24) is 25.1 Å². The predicted molar refractivity (Wildman–Crippen MR) is 97.2 cm³/mol. The van der Waals surface area contributed by atoms with Gasteiger partial charge in [-0.2, -0.15) is 4.80 Å². The number of carbonyl (C=O) groups is 2. The largest absolute Gasteiger partial charge is 0.481 e. The molecule has 1 amide bonds. The Labute approximate surface area is 161 Å². The number of tetrazole rings is 1. The number of benzene rings is 1. The summed E-state index contributed by atoms with van der Waals surface area (Å²) >= 11 is 5.87. The number of amides is 1. The van der Waals surface area contributed by atoms with Crippen molar-refractivity contribution in [2.75, 3.05) is 13.1 Å². The van der Waals surface area contributed by atoms with E-state index in [-0.39, 0.29) is 24.9 Å². The van der Waals surface area contributed by atoms with Gasteiger partial charge < -0.3 is 10.0 Å². The topological polar surface area (TPSA) is 101 Å². The molecule has 26 heavy (non-hydrogen) atoms. The number of aliphatic carboxylic acids is 1. The lowest BCUT2D eigenvalue weighted by atomic mass is 10.1. The third-order valence-corrected chi connectivity index (χ3v) is 4.58. The summed E-state index contributed by atoms with van der Waals surface area (Å²) in [5.41, 5.74) is 0.755. The fourth-order valence-electron chi connectivity index (χ4n) is 2.88. The minimum atomic E-state index is -0.868. The average molecular weight is 400 g/mol. The van der Waals surface area contributed by atoms with E-state index in [9.17, 15) is 9.59 Å². The zero-order valence-electron chi connectivity index (χ0n) is 14.1. The van der Waals surface area contributed by atoms with Crippen LogP contribution in [0.15, 0.2) is 24.3 Å². The Bertz CT molecular complexity index is 780. The SMILES string of the molecule is CCC(C(=O)N1CCC(C(=O)O)C1)n1nnc(-c2ccc(Cl)cc2)n1.Cl. The highest BCUT2D eigenvalue weighted by Crippen LogP contribution is 2.23. The molecule has 2 aromatic rings. The summed E-state index contributed by atoms with van der Waals surface area (Å²) in [6.07, 6.45) is 0.960. The highest BCUT2D eigenvalue weighted by molar-refractivity contribution is 6.30. The summed E-state index contributed by atoms with van der Waals surface area (Å²) in [5.74, 6) is -1.14. The molecule has 0 spiro atoms. The van der Waals surface area contributed by atoms with E-state index in [0.29, 0.717) is 30.2 Å². The van der Waals surface area contributed by atoms with Crippen LogP contribution in [-0.4, -0.2) is 55.2 Å². The van der Waals surface area contributed by atoms with Crippen molar-refractivity contribution >= 4 is 35.9 Å². The molecule has 1 aliphatic rings. The van der Waals surface area contributed by atoms with Crippen molar-refractivity contribution in [1.29, 1.82) is 0 Å². The Hall–Kier alpha value is -2.19. The number of hydrogen-bond acceptors (Lipinski definition) is 5. The van der Waals surface area contributed by atoms with E-state index in [1.165, 1.54) is 4.80 Å². The van der Waals surface area contributed by atoms with Crippen LogP contribution in [0.3, 0.4) is 0 Å². The molecule has 1 aromatic carbocycles. The first-order chi connectivity index (χ1) is 12.0. The van der Waals surface area contributed by atoms with Crippen LogP contribution in [0.4, 0.5) is 0 Å². The van der Waals surface area contributed by atoms with Crippen LogP contribution < -0.4 is 0 Å². The molecule has 1 fully saturated rings. The summed E-state index contributed by atoms with van der Waals surface area (Å²) in [6, 6.07) is 6.43. The first kappa shape index (κ1) is 20.1. The minimum Gasteiger partial charge on any atom is -0.481 e. The van der Waals surface area contributed by atoms with Gasteiger partial charge >= 0.3 is 5.97 Å². The number of aromatic nitrogens is 4. The highest BCUT2D eigenvalue weighted by Gasteiger charge is 2.35. The van der Waals surface area contributed by atoms with Crippen LogP contribution >= 0.6 is 24.0 Å². The Kier molecular flexibility index (Phi) is 6.55. The van der Waals surface area contributed by atoms with E-state index in [4.69, 9.17) is 16.7 Å². The zero-order chi connectivity index (χ0) is 18.0. The maximum absolute atomic E-state index is 12.7. The van der Waals surface area contributed by atoms with Gasteiger partial charge in [-0.05, 0) is 42.3 Å². The van der Waals surface area contributed by atoms with Crippen molar-refractivity contribution < 1.29 is 14.7 Å². The van der Waals surface area contributed by atoms with Crippen molar-refractivity contribution in [2.45, 2.75) is 25.8 Å². The van der Waals surface area contributed by atoms with Crippen molar-refractivity contribution in [3.05, 3.63) is 29.3 Å². The Morgan fingerprint density at radius 2 is 2.04 bits per heavy atom. The molecule has 10 heteroatoms. The van der Waals surface area contributed by atoms with Gasteiger partial charge in [0.1, 0.15) is 0 Å². The molecule has 2 atom stereocenters. The van der Waals surface area contributed by atoms with Crippen LogP contribution in [-0.2, 0) is 9.59 Å². The molecule has 1 N–H and O–H groups in total. The quantitative estimate of drug-likeness (QED) is 0.827. The third kappa shape index (κ3) is 4.13. The molecule has 1 aliphatic heterocycles. The van der Waals surface area contributed by atoms with Crippen molar-refractivity contribution in [3.63, 3.8) is 0 Å². The van der Waals surface area contributed by atoms with Gasteiger partial charge in [0.05, 0.1) is 5.92 Å². The number of nitrogens with zero attached hydrogens (tertiary/aromatic N) is 5. The molecule has 0 aliphatic carbocycles. The summed E-state index contributed by atoms with van der Waals surface area (Å²) < 4.78 is 0. The number of likely N-dealkylation sites (tertiary alicyclic amines) is 1. The first-order valence-electron chi connectivity index (χ1n) is 8.06. The molecule has 0 saturated carbocycles. The second kappa shape index (κ2) is 8.46. The Morgan fingerprint density at radius 3 is 2.62 bits per heavy atom. The molecule has 0 bridgehead atoms. The summed E-state index contributed by atoms with van der Waals surface area (Å²) in [5, 5.41) is 22.0. The molecular weight excluding hydrogens is 381 g/mol. The van der Waals surface area contributed by atoms with E-state index in [2.05, 4.69) is 15.4 Å². The van der Waals surface area contributed by atoms with E-state index >= 15 is 0 Å². The van der Waals surface area contributed by atoms with Gasteiger partial charge in [-0.1, -0.05) is 18.5 Å². The summed E-state index contributed by atoms with van der Waals surface area (Å²) in [6.45, 7) is 2.52. The highest BCUT2D eigenvalue weighted by atomic mass is 35.5. The van der Waals surface area contributed by atoms with E-state index in [1.807, 2.05) is 6.92 Å². The van der Waals surface area contributed by atoms with E-state index in [0.717, 1.165) is 5.56 Å². The number of rotatable bonds is 5. The summed E-state index contributed by atoms with van der Waals surface area (Å²) in [4.78, 5) is 26.7. The van der Waals surface area contributed by atoms with Crippen molar-refractivity contribution in [3.8, 4) is 11.4 Å². The molecule has 140 valence electrons. The zero-order valence-corrected chi connectivity index (χ0v) is 15.7. The molecule has 8 nitrogen and oxygen atoms in total. The summed E-state index contributed by atoms with van der Waals surface area (Å²) in [7, 11) is 0. The first-order valence-corrected chi connectivity index (χ1v) is 8.44. The van der Waals surface area contributed by atoms with Gasteiger partial charge in [0.2, 0.25) is 11.7 Å². The van der Waals surface area contributed by atoms with Crippen LogP contribution in [0.25, 0.3) is 11.4 Å². The van der Waals surface area contributed by atoms with Gasteiger partial charge in [-0.15, -0.1) is 22.6 Å². The van der Waals surface area contributed by atoms with Crippen LogP contribution in [0.5, 0.6) is 0 Å². The van der Waals surface area contributed by atoms with Gasteiger partial charge in [-0.3, -0.25) is 9.59 Å². The second-order valence-corrected chi connectivity index (χ2v) is 6.41. The second-order valence-electron chi connectivity index (χ2n) is 5.97. The fraction of sp³-hybridized carbons (Fsp3) is 0.438.